The number of nitrogens with one attached hydrogen (secondary N) is 2. The summed E-state index contributed by atoms with van der Waals surface area (Å²) in [6.45, 7) is 9.09. The zero-order chi connectivity index (χ0) is 19.1. The van der Waals surface area contributed by atoms with Crippen LogP contribution in [0.5, 0.6) is 0 Å². The minimum atomic E-state index is 0.158. The zero-order valence-corrected chi connectivity index (χ0v) is 17.4. The first-order valence-electron chi connectivity index (χ1n) is 11.0. The van der Waals surface area contributed by atoms with Gasteiger partial charge in [0.2, 0.25) is 11.8 Å². The second-order valence-corrected chi connectivity index (χ2v) is 9.09. The van der Waals surface area contributed by atoms with Crippen LogP contribution in [0.1, 0.15) is 91.9 Å². The van der Waals surface area contributed by atoms with Crippen molar-refractivity contribution < 1.29 is 9.59 Å². The molecular formula is C22H40N2O2. The summed E-state index contributed by atoms with van der Waals surface area (Å²) in [7, 11) is 0. The quantitative estimate of drug-likeness (QED) is 0.657. The van der Waals surface area contributed by atoms with E-state index in [1.54, 1.807) is 0 Å². The molecule has 150 valence electrons. The molecule has 4 heteroatoms. The van der Waals surface area contributed by atoms with Crippen molar-refractivity contribution in [2.45, 2.75) is 104 Å². The van der Waals surface area contributed by atoms with E-state index in [-0.39, 0.29) is 11.8 Å². The third kappa shape index (κ3) is 6.28. The predicted octanol–water partition coefficient (Wildman–Crippen LogP) is 4.43. The van der Waals surface area contributed by atoms with E-state index in [9.17, 15) is 9.59 Å². The lowest BCUT2D eigenvalue weighted by molar-refractivity contribution is -0.124. The Labute approximate surface area is 160 Å². The molecular weight excluding hydrogens is 324 g/mol. The summed E-state index contributed by atoms with van der Waals surface area (Å²) in [6.07, 6.45) is 9.89. The summed E-state index contributed by atoms with van der Waals surface area (Å²) in [5, 5.41) is 6.45. The van der Waals surface area contributed by atoms with Gasteiger partial charge in [-0.25, -0.2) is 0 Å². The molecule has 6 atom stereocenters. The molecule has 2 amide bonds. The predicted molar refractivity (Wildman–Crippen MR) is 107 cm³/mol. The number of carbonyl (C=O) groups is 2. The Bertz CT molecular complexity index is 423. The van der Waals surface area contributed by atoms with E-state index in [1.807, 2.05) is 0 Å². The van der Waals surface area contributed by atoms with Crippen molar-refractivity contribution in [1.29, 1.82) is 0 Å². The zero-order valence-electron chi connectivity index (χ0n) is 17.4. The number of hydrogen-bond acceptors (Lipinski definition) is 2. The smallest absolute Gasteiger partial charge is 0.220 e. The van der Waals surface area contributed by atoms with Gasteiger partial charge in [-0.2, -0.15) is 0 Å². The van der Waals surface area contributed by atoms with Crippen LogP contribution < -0.4 is 10.6 Å². The summed E-state index contributed by atoms with van der Waals surface area (Å²) in [6, 6.07) is 0.675. The maximum atomic E-state index is 12.2. The van der Waals surface area contributed by atoms with Gasteiger partial charge in [0.25, 0.3) is 0 Å². The molecule has 26 heavy (non-hydrogen) atoms. The number of amides is 2. The highest BCUT2D eigenvalue weighted by Crippen LogP contribution is 2.30. The molecule has 4 nitrogen and oxygen atoms in total. The molecule has 0 aliphatic heterocycles. The first-order chi connectivity index (χ1) is 12.4. The fourth-order valence-corrected chi connectivity index (χ4v) is 4.70. The third-order valence-corrected chi connectivity index (χ3v) is 7.16. The molecule has 2 aliphatic rings. The van der Waals surface area contributed by atoms with Gasteiger partial charge in [-0.05, 0) is 49.4 Å². The van der Waals surface area contributed by atoms with E-state index in [0.717, 1.165) is 25.7 Å². The molecule has 0 bridgehead atoms. The SMILES string of the molecule is C[C@@H]1[C@H](C)CCC[C@H]1NC(=O)CCCCC(=O)N[C@@H]1CCC[C@H](C)[C@@H]1C. The molecule has 0 saturated heterocycles. The topological polar surface area (TPSA) is 58.2 Å². The summed E-state index contributed by atoms with van der Waals surface area (Å²) in [5.41, 5.74) is 0. The Morgan fingerprint density at radius 1 is 0.692 bits per heavy atom. The molecule has 0 radical (unpaired) electrons. The average molecular weight is 365 g/mol. The van der Waals surface area contributed by atoms with Crippen LogP contribution in [0.15, 0.2) is 0 Å². The minimum absolute atomic E-state index is 0.158. The van der Waals surface area contributed by atoms with E-state index in [0.29, 0.717) is 48.6 Å². The molecule has 0 aromatic carbocycles. The fourth-order valence-electron chi connectivity index (χ4n) is 4.70. The molecule has 2 N–H and O–H groups in total. The molecule has 0 heterocycles. The monoisotopic (exact) mass is 364 g/mol. The largest absolute Gasteiger partial charge is 0.353 e. The van der Waals surface area contributed by atoms with Crippen molar-refractivity contribution in [2.75, 3.05) is 0 Å². The Morgan fingerprint density at radius 2 is 1.08 bits per heavy atom. The number of rotatable bonds is 7. The highest BCUT2D eigenvalue weighted by molar-refractivity contribution is 5.77. The molecule has 0 aromatic heterocycles. The van der Waals surface area contributed by atoms with Crippen molar-refractivity contribution in [1.82, 2.24) is 10.6 Å². The third-order valence-electron chi connectivity index (χ3n) is 7.16. The summed E-state index contributed by atoms with van der Waals surface area (Å²) >= 11 is 0. The van der Waals surface area contributed by atoms with Gasteiger partial charge in [-0.3, -0.25) is 9.59 Å². The average Bonchev–Trinajstić information content (AvgIpc) is 2.60. The fraction of sp³-hybridized carbons (Fsp3) is 0.909. The van der Waals surface area contributed by atoms with Crippen LogP contribution in [-0.2, 0) is 9.59 Å². The molecule has 2 saturated carbocycles. The Kier molecular flexibility index (Phi) is 8.43. The minimum Gasteiger partial charge on any atom is -0.353 e. The first kappa shape index (κ1) is 21.2. The lowest BCUT2D eigenvalue weighted by Crippen LogP contribution is -2.44. The van der Waals surface area contributed by atoms with Crippen LogP contribution in [0.25, 0.3) is 0 Å². The second-order valence-electron chi connectivity index (χ2n) is 9.09. The van der Waals surface area contributed by atoms with Gasteiger partial charge in [0.05, 0.1) is 0 Å². The molecule has 0 spiro atoms. The Morgan fingerprint density at radius 3 is 1.46 bits per heavy atom. The maximum absolute atomic E-state index is 12.2. The van der Waals surface area contributed by atoms with Crippen LogP contribution in [0.3, 0.4) is 0 Å². The van der Waals surface area contributed by atoms with Crippen LogP contribution in [0.4, 0.5) is 0 Å². The van der Waals surface area contributed by atoms with Crippen molar-refractivity contribution in [3.63, 3.8) is 0 Å². The summed E-state index contributed by atoms with van der Waals surface area (Å²) < 4.78 is 0. The van der Waals surface area contributed by atoms with Gasteiger partial charge < -0.3 is 10.6 Å². The van der Waals surface area contributed by atoms with Crippen molar-refractivity contribution in [2.24, 2.45) is 23.7 Å². The van der Waals surface area contributed by atoms with E-state index < -0.39 is 0 Å². The van der Waals surface area contributed by atoms with Gasteiger partial charge in [0.1, 0.15) is 0 Å². The van der Waals surface area contributed by atoms with Crippen molar-refractivity contribution in [3.8, 4) is 0 Å². The number of hydrogen-bond donors (Lipinski definition) is 2. The molecule has 0 aromatic rings. The summed E-state index contributed by atoms with van der Waals surface area (Å²) in [4.78, 5) is 24.4. The highest BCUT2D eigenvalue weighted by atomic mass is 16.2. The molecule has 2 fully saturated rings. The molecule has 0 unspecified atom stereocenters. The Balaban J connectivity index is 1.59. The van der Waals surface area contributed by atoms with E-state index in [1.165, 1.54) is 25.7 Å². The lowest BCUT2D eigenvalue weighted by atomic mass is 9.78. The second kappa shape index (κ2) is 10.3. The molecule has 2 aliphatic carbocycles. The summed E-state index contributed by atoms with van der Waals surface area (Å²) in [5.74, 6) is 2.85. The maximum Gasteiger partial charge on any atom is 0.220 e. The van der Waals surface area contributed by atoms with Crippen LogP contribution in [-0.4, -0.2) is 23.9 Å². The first-order valence-corrected chi connectivity index (χ1v) is 11.0. The highest BCUT2D eigenvalue weighted by Gasteiger charge is 2.29. The van der Waals surface area contributed by atoms with Crippen LogP contribution >= 0.6 is 0 Å². The van der Waals surface area contributed by atoms with E-state index in [2.05, 4.69) is 38.3 Å². The van der Waals surface area contributed by atoms with Gasteiger partial charge >= 0.3 is 0 Å². The molecule has 2 rings (SSSR count). The van der Waals surface area contributed by atoms with Crippen molar-refractivity contribution in [3.05, 3.63) is 0 Å². The van der Waals surface area contributed by atoms with Gasteiger partial charge in [0.15, 0.2) is 0 Å². The standard InChI is InChI=1S/C22H40N2O2/c1-15-9-7-11-19(17(15)3)23-21(25)13-5-6-14-22(26)24-20-12-8-10-16(2)18(20)4/h15-20H,5-14H2,1-4H3,(H,23,25)(H,24,26)/t15-,16+,17-,18+,19-,20-/m1/s1. The normalized spacial score (nSPS) is 34.9. The lowest BCUT2D eigenvalue weighted by Gasteiger charge is -2.34. The van der Waals surface area contributed by atoms with Gasteiger partial charge in [0, 0.05) is 24.9 Å². The van der Waals surface area contributed by atoms with E-state index >= 15 is 0 Å². The van der Waals surface area contributed by atoms with Gasteiger partial charge in [-0.1, -0.05) is 53.4 Å². The van der Waals surface area contributed by atoms with Crippen LogP contribution in [0.2, 0.25) is 0 Å². The van der Waals surface area contributed by atoms with E-state index in [4.69, 9.17) is 0 Å². The van der Waals surface area contributed by atoms with Crippen molar-refractivity contribution >= 4 is 11.8 Å². The van der Waals surface area contributed by atoms with Crippen LogP contribution in [0, 0.1) is 23.7 Å². The number of unbranched alkanes of at least 4 members (excludes halogenated alkanes) is 1. The Hall–Kier alpha value is -1.06. The number of carbonyl (C=O) groups excluding carboxylic acids is 2. The van der Waals surface area contributed by atoms with Gasteiger partial charge in [-0.15, -0.1) is 0 Å².